The van der Waals surface area contributed by atoms with Gasteiger partial charge in [-0.05, 0) is 24.3 Å². The van der Waals surface area contributed by atoms with Crippen LogP contribution in [0.25, 0.3) is 10.2 Å². The zero-order chi connectivity index (χ0) is 15.2. The molecule has 2 N–H and O–H groups in total. The van der Waals surface area contributed by atoms with Gasteiger partial charge in [0.1, 0.15) is 16.5 Å². The highest BCUT2D eigenvalue weighted by Gasteiger charge is 2.17. The molecule has 0 saturated heterocycles. The highest BCUT2D eigenvalue weighted by Crippen LogP contribution is 2.25. The molecular weight excluding hydrogens is 284 g/mol. The van der Waals surface area contributed by atoms with Gasteiger partial charge in [-0.25, -0.2) is 9.97 Å². The van der Waals surface area contributed by atoms with Gasteiger partial charge < -0.3 is 10.4 Å². The maximum absolute atomic E-state index is 9.30. The maximum atomic E-state index is 9.30. The van der Waals surface area contributed by atoms with Gasteiger partial charge in [0.05, 0.1) is 18.5 Å². The molecule has 2 aromatic heterocycles. The van der Waals surface area contributed by atoms with Crippen molar-refractivity contribution in [1.29, 1.82) is 0 Å². The van der Waals surface area contributed by atoms with Crippen LogP contribution in [0.2, 0.25) is 0 Å². The van der Waals surface area contributed by atoms with Gasteiger partial charge in [-0.3, -0.25) is 4.90 Å². The molecule has 0 unspecified atom stereocenters. The first-order valence-corrected chi connectivity index (χ1v) is 8.38. The normalized spacial score (nSPS) is 11.7. The number of aliphatic hydroxyl groups is 1. The molecule has 0 aliphatic rings. The van der Waals surface area contributed by atoms with Gasteiger partial charge in [0.15, 0.2) is 0 Å². The molecular formula is C15H24N4OS. The van der Waals surface area contributed by atoms with Crippen molar-refractivity contribution >= 4 is 27.4 Å². The summed E-state index contributed by atoms with van der Waals surface area (Å²) in [6.45, 7) is 5.86. The predicted molar refractivity (Wildman–Crippen MR) is 88.8 cm³/mol. The molecule has 0 atom stereocenters. The summed E-state index contributed by atoms with van der Waals surface area (Å²) >= 11 is 1.63. The fraction of sp³-hybridized carbons (Fsp3) is 0.600. The smallest absolute Gasteiger partial charge is 0.146 e. The van der Waals surface area contributed by atoms with Crippen LogP contribution in [0.4, 0.5) is 5.82 Å². The van der Waals surface area contributed by atoms with E-state index < -0.39 is 0 Å². The number of aliphatic hydroxyl groups excluding tert-OH is 1. The first kappa shape index (κ1) is 16.1. The van der Waals surface area contributed by atoms with Crippen LogP contribution in [0.15, 0.2) is 11.4 Å². The second kappa shape index (κ2) is 7.68. The van der Waals surface area contributed by atoms with Gasteiger partial charge >= 0.3 is 0 Å². The highest BCUT2D eigenvalue weighted by atomic mass is 32.1. The van der Waals surface area contributed by atoms with Crippen molar-refractivity contribution in [1.82, 2.24) is 14.9 Å². The molecule has 0 radical (unpaired) electrons. The van der Waals surface area contributed by atoms with Crippen LogP contribution < -0.4 is 5.32 Å². The fourth-order valence-electron chi connectivity index (χ4n) is 2.67. The second-order valence-corrected chi connectivity index (χ2v) is 5.94. The Labute approximate surface area is 130 Å². The van der Waals surface area contributed by atoms with Gasteiger partial charge in [0, 0.05) is 19.6 Å². The van der Waals surface area contributed by atoms with E-state index in [0.717, 1.165) is 34.7 Å². The first-order chi connectivity index (χ1) is 10.2. The fourth-order valence-corrected chi connectivity index (χ4v) is 3.45. The minimum absolute atomic E-state index is 0.163. The molecule has 5 nitrogen and oxygen atoms in total. The molecule has 0 aliphatic heterocycles. The Morgan fingerprint density at radius 3 is 2.71 bits per heavy atom. The number of hydrogen-bond acceptors (Lipinski definition) is 6. The highest BCUT2D eigenvalue weighted by molar-refractivity contribution is 7.16. The van der Waals surface area contributed by atoms with Crippen LogP contribution in [0.1, 0.15) is 32.5 Å². The summed E-state index contributed by atoms with van der Waals surface area (Å²) < 4.78 is 0. The van der Waals surface area contributed by atoms with Crippen molar-refractivity contribution < 1.29 is 5.11 Å². The summed E-state index contributed by atoms with van der Waals surface area (Å²) in [4.78, 5) is 12.6. The zero-order valence-electron chi connectivity index (χ0n) is 13.0. The summed E-state index contributed by atoms with van der Waals surface area (Å²) in [6.07, 6.45) is 2.13. The maximum Gasteiger partial charge on any atom is 0.146 e. The number of anilines is 1. The van der Waals surface area contributed by atoms with Crippen molar-refractivity contribution in [2.24, 2.45) is 0 Å². The topological polar surface area (TPSA) is 61.3 Å². The molecule has 116 valence electrons. The number of fused-ring (bicyclic) bond motifs is 1. The van der Waals surface area contributed by atoms with Gasteiger partial charge in [-0.1, -0.05) is 13.8 Å². The largest absolute Gasteiger partial charge is 0.395 e. The Hall–Kier alpha value is -1.24. The molecule has 0 aromatic carbocycles. The average molecular weight is 308 g/mol. The minimum Gasteiger partial charge on any atom is -0.395 e. The van der Waals surface area contributed by atoms with Crippen molar-refractivity contribution in [2.75, 3.05) is 25.5 Å². The number of aromatic nitrogens is 2. The summed E-state index contributed by atoms with van der Waals surface area (Å²) in [7, 11) is 1.88. The molecule has 21 heavy (non-hydrogen) atoms. The Balaban J connectivity index is 2.27. The van der Waals surface area contributed by atoms with E-state index in [1.807, 2.05) is 18.5 Å². The summed E-state index contributed by atoms with van der Waals surface area (Å²) in [5, 5.41) is 15.6. The third-order valence-electron chi connectivity index (χ3n) is 3.80. The number of nitrogens with one attached hydrogen (secondary N) is 1. The lowest BCUT2D eigenvalue weighted by Crippen LogP contribution is -2.36. The van der Waals surface area contributed by atoms with Crippen molar-refractivity contribution in [3.63, 3.8) is 0 Å². The minimum atomic E-state index is 0.163. The lowest BCUT2D eigenvalue weighted by atomic mass is 10.1. The standard InChI is InChI=1S/C15H24N4OS/c1-4-11(5-2)19(7-8-20)10-13-17-14(16-3)12-6-9-21-15(12)18-13/h6,9,11,20H,4-5,7-8,10H2,1-3H3,(H,16,17,18). The SMILES string of the molecule is CCC(CC)N(CCO)Cc1nc(NC)c2ccsc2n1. The molecule has 2 heterocycles. The van der Waals surface area contributed by atoms with E-state index in [0.29, 0.717) is 19.1 Å². The number of hydrogen-bond donors (Lipinski definition) is 2. The van der Waals surface area contributed by atoms with Gasteiger partial charge in [-0.15, -0.1) is 11.3 Å². The summed E-state index contributed by atoms with van der Waals surface area (Å²) in [5.41, 5.74) is 0. The molecule has 0 amide bonds. The van der Waals surface area contributed by atoms with E-state index in [-0.39, 0.29) is 6.61 Å². The Bertz CT molecular complexity index is 568. The van der Waals surface area contributed by atoms with Crippen LogP contribution in [0.3, 0.4) is 0 Å². The van der Waals surface area contributed by atoms with E-state index in [4.69, 9.17) is 0 Å². The Kier molecular flexibility index (Phi) is 5.90. The average Bonchev–Trinajstić information content (AvgIpc) is 2.96. The molecule has 2 aromatic rings. The third-order valence-corrected chi connectivity index (χ3v) is 4.61. The van der Waals surface area contributed by atoms with E-state index >= 15 is 0 Å². The zero-order valence-corrected chi connectivity index (χ0v) is 13.8. The summed E-state index contributed by atoms with van der Waals surface area (Å²) in [5.74, 6) is 1.69. The third kappa shape index (κ3) is 3.70. The number of thiophene rings is 1. The first-order valence-electron chi connectivity index (χ1n) is 7.50. The molecule has 0 bridgehead atoms. The van der Waals surface area contributed by atoms with Crippen LogP contribution in [-0.2, 0) is 6.54 Å². The predicted octanol–water partition coefficient (Wildman–Crippen LogP) is 2.72. The van der Waals surface area contributed by atoms with Crippen molar-refractivity contribution in [3.05, 3.63) is 17.3 Å². The van der Waals surface area contributed by atoms with Gasteiger partial charge in [0.2, 0.25) is 0 Å². The second-order valence-electron chi connectivity index (χ2n) is 5.04. The quantitative estimate of drug-likeness (QED) is 0.785. The monoisotopic (exact) mass is 308 g/mol. The van der Waals surface area contributed by atoms with Gasteiger partial charge in [-0.2, -0.15) is 0 Å². The van der Waals surface area contributed by atoms with E-state index in [2.05, 4.69) is 34.0 Å². The number of nitrogens with zero attached hydrogens (tertiary/aromatic N) is 3. The van der Waals surface area contributed by atoms with Crippen LogP contribution in [-0.4, -0.2) is 46.2 Å². The molecule has 0 aliphatic carbocycles. The summed E-state index contributed by atoms with van der Waals surface area (Å²) in [6, 6.07) is 2.50. The molecule has 2 rings (SSSR count). The van der Waals surface area contributed by atoms with Gasteiger partial charge in [0.25, 0.3) is 0 Å². The van der Waals surface area contributed by atoms with E-state index in [1.54, 1.807) is 11.3 Å². The van der Waals surface area contributed by atoms with Crippen LogP contribution >= 0.6 is 11.3 Å². The van der Waals surface area contributed by atoms with E-state index in [9.17, 15) is 5.11 Å². The van der Waals surface area contributed by atoms with Crippen molar-refractivity contribution in [2.45, 2.75) is 39.3 Å². The molecule has 6 heteroatoms. The number of rotatable bonds is 8. The molecule has 0 fully saturated rings. The lowest BCUT2D eigenvalue weighted by Gasteiger charge is -2.29. The Morgan fingerprint density at radius 1 is 1.33 bits per heavy atom. The van der Waals surface area contributed by atoms with E-state index in [1.165, 1.54) is 0 Å². The van der Waals surface area contributed by atoms with Crippen LogP contribution in [0.5, 0.6) is 0 Å². The molecule has 0 saturated carbocycles. The van der Waals surface area contributed by atoms with Crippen LogP contribution in [0, 0.1) is 0 Å². The lowest BCUT2D eigenvalue weighted by molar-refractivity contribution is 0.134. The molecule has 0 spiro atoms. The van der Waals surface area contributed by atoms with Crippen molar-refractivity contribution in [3.8, 4) is 0 Å². The Morgan fingerprint density at radius 2 is 2.10 bits per heavy atom.